The molecule has 0 saturated carbocycles. The van der Waals surface area contributed by atoms with E-state index in [4.69, 9.17) is 4.42 Å². The molecule has 3 N–H and O–H groups in total. The van der Waals surface area contributed by atoms with E-state index in [1.165, 1.54) is 0 Å². The van der Waals surface area contributed by atoms with Crippen LogP contribution in [0, 0.1) is 0 Å². The van der Waals surface area contributed by atoms with Crippen molar-refractivity contribution < 1.29 is 14.6 Å². The van der Waals surface area contributed by atoms with Crippen molar-refractivity contribution in [3.05, 3.63) is 47.9 Å². The van der Waals surface area contributed by atoms with E-state index in [-0.39, 0.29) is 11.5 Å². The molecule has 0 amide bonds. The first kappa shape index (κ1) is 10.6. The minimum absolute atomic E-state index is 0.0898. The predicted molar refractivity (Wildman–Crippen MR) is 59.0 cm³/mol. The van der Waals surface area contributed by atoms with Crippen LogP contribution in [0.25, 0.3) is 0 Å². The van der Waals surface area contributed by atoms with Crippen molar-refractivity contribution in [2.75, 3.05) is 0 Å². The van der Waals surface area contributed by atoms with Crippen molar-refractivity contribution in [3.8, 4) is 11.5 Å². The third-order valence-corrected chi connectivity index (χ3v) is 2.31. The van der Waals surface area contributed by atoms with E-state index in [1.54, 1.807) is 24.5 Å². The van der Waals surface area contributed by atoms with Gasteiger partial charge in [-0.3, -0.25) is 0 Å². The molecule has 0 radical (unpaired) electrons. The molecular weight excluding hydrogens is 206 g/mol. The molecule has 0 aliphatic rings. The molecule has 0 aliphatic carbocycles. The monoisotopic (exact) mass is 219 g/mol. The summed E-state index contributed by atoms with van der Waals surface area (Å²) in [5, 5.41) is 22.1. The van der Waals surface area contributed by atoms with Gasteiger partial charge < -0.3 is 19.9 Å². The average Bonchev–Trinajstić information content (AvgIpc) is 2.75. The van der Waals surface area contributed by atoms with Crippen molar-refractivity contribution in [3.63, 3.8) is 0 Å². The number of benzene rings is 1. The summed E-state index contributed by atoms with van der Waals surface area (Å²) in [6.45, 7) is 0.944. The first-order valence-electron chi connectivity index (χ1n) is 5.00. The van der Waals surface area contributed by atoms with Crippen molar-refractivity contribution in [1.29, 1.82) is 0 Å². The Morgan fingerprint density at radius 1 is 1.00 bits per heavy atom. The summed E-state index contributed by atoms with van der Waals surface area (Å²) in [4.78, 5) is 0. The Kier molecular flexibility index (Phi) is 3.12. The molecule has 4 nitrogen and oxygen atoms in total. The molecule has 0 bridgehead atoms. The molecule has 1 aromatic carbocycles. The molecule has 0 unspecified atom stereocenters. The zero-order chi connectivity index (χ0) is 11.4. The van der Waals surface area contributed by atoms with Gasteiger partial charge in [0.2, 0.25) is 0 Å². The van der Waals surface area contributed by atoms with Crippen LogP contribution in [0.15, 0.2) is 41.0 Å². The molecule has 84 valence electrons. The Morgan fingerprint density at radius 2 is 1.75 bits per heavy atom. The summed E-state index contributed by atoms with van der Waals surface area (Å²) in [5.41, 5.74) is 0.494. The van der Waals surface area contributed by atoms with Gasteiger partial charge in [-0.1, -0.05) is 6.07 Å². The summed E-state index contributed by atoms with van der Waals surface area (Å²) < 4.78 is 5.14. The summed E-state index contributed by atoms with van der Waals surface area (Å²) in [6.07, 6.45) is 1.61. The van der Waals surface area contributed by atoms with Crippen molar-refractivity contribution in [1.82, 2.24) is 5.32 Å². The van der Waals surface area contributed by atoms with Crippen LogP contribution in [0.4, 0.5) is 0 Å². The van der Waals surface area contributed by atoms with Crippen LogP contribution in [0.3, 0.4) is 0 Å². The summed E-state index contributed by atoms with van der Waals surface area (Å²) >= 11 is 0. The topological polar surface area (TPSA) is 65.6 Å². The molecule has 0 atom stereocenters. The summed E-state index contributed by atoms with van der Waals surface area (Å²) in [5.74, 6) is 0.994. The minimum atomic E-state index is 0.0898. The molecule has 0 spiro atoms. The largest absolute Gasteiger partial charge is 0.507 e. The molecule has 2 rings (SSSR count). The molecule has 0 saturated heterocycles. The number of hydrogen-bond donors (Lipinski definition) is 3. The minimum Gasteiger partial charge on any atom is -0.507 e. The van der Waals surface area contributed by atoms with Crippen LogP contribution in [0.2, 0.25) is 0 Å². The smallest absolute Gasteiger partial charge is 0.123 e. The lowest BCUT2D eigenvalue weighted by Crippen LogP contribution is -2.12. The van der Waals surface area contributed by atoms with Gasteiger partial charge >= 0.3 is 0 Å². The Labute approximate surface area is 93.2 Å². The van der Waals surface area contributed by atoms with Crippen molar-refractivity contribution in [2.24, 2.45) is 0 Å². The number of furan rings is 1. The van der Waals surface area contributed by atoms with Gasteiger partial charge in [0.05, 0.1) is 12.8 Å². The number of rotatable bonds is 4. The number of nitrogens with one attached hydrogen (secondary N) is 1. The van der Waals surface area contributed by atoms with Gasteiger partial charge in [-0.05, 0) is 24.3 Å². The third-order valence-electron chi connectivity index (χ3n) is 2.31. The van der Waals surface area contributed by atoms with E-state index < -0.39 is 0 Å². The number of phenols is 2. The number of phenolic OH excluding ortho intramolecular Hbond substituents is 2. The second-order valence-electron chi connectivity index (χ2n) is 3.46. The van der Waals surface area contributed by atoms with Crippen LogP contribution < -0.4 is 5.32 Å². The maximum absolute atomic E-state index is 9.53. The van der Waals surface area contributed by atoms with E-state index in [9.17, 15) is 10.2 Å². The predicted octanol–water partition coefficient (Wildman–Crippen LogP) is 1.98. The Morgan fingerprint density at radius 3 is 2.38 bits per heavy atom. The quantitative estimate of drug-likeness (QED) is 0.735. The fraction of sp³-hybridized carbons (Fsp3) is 0.167. The summed E-state index contributed by atoms with van der Waals surface area (Å²) in [6, 6.07) is 8.36. The molecule has 2 aromatic rings. The first-order valence-corrected chi connectivity index (χ1v) is 5.00. The van der Waals surface area contributed by atoms with Gasteiger partial charge in [-0.25, -0.2) is 0 Å². The highest BCUT2D eigenvalue weighted by atomic mass is 16.3. The second kappa shape index (κ2) is 4.72. The van der Waals surface area contributed by atoms with Crippen molar-refractivity contribution >= 4 is 0 Å². The van der Waals surface area contributed by atoms with Gasteiger partial charge in [0.25, 0.3) is 0 Å². The highest BCUT2D eigenvalue weighted by molar-refractivity contribution is 5.42. The van der Waals surface area contributed by atoms with Crippen LogP contribution in [0.1, 0.15) is 11.3 Å². The molecule has 0 fully saturated rings. The van der Waals surface area contributed by atoms with Crippen LogP contribution in [-0.2, 0) is 13.1 Å². The van der Waals surface area contributed by atoms with Crippen LogP contribution in [0.5, 0.6) is 11.5 Å². The summed E-state index contributed by atoms with van der Waals surface area (Å²) in [7, 11) is 0. The van der Waals surface area contributed by atoms with E-state index in [1.807, 2.05) is 12.1 Å². The van der Waals surface area contributed by atoms with E-state index in [0.717, 1.165) is 5.76 Å². The van der Waals surface area contributed by atoms with E-state index in [2.05, 4.69) is 5.32 Å². The lowest BCUT2D eigenvalue weighted by Gasteiger charge is -2.07. The number of aromatic hydroxyl groups is 2. The van der Waals surface area contributed by atoms with E-state index in [0.29, 0.717) is 18.7 Å². The average molecular weight is 219 g/mol. The first-order chi connectivity index (χ1) is 7.77. The lowest BCUT2D eigenvalue weighted by molar-refractivity contribution is 0.428. The second-order valence-corrected chi connectivity index (χ2v) is 3.46. The third kappa shape index (κ3) is 2.35. The van der Waals surface area contributed by atoms with Crippen molar-refractivity contribution in [2.45, 2.75) is 13.1 Å². The molecule has 1 heterocycles. The fourth-order valence-corrected chi connectivity index (χ4v) is 1.47. The molecule has 4 heteroatoms. The van der Waals surface area contributed by atoms with Crippen LogP contribution in [-0.4, -0.2) is 10.2 Å². The van der Waals surface area contributed by atoms with Gasteiger partial charge in [-0.15, -0.1) is 0 Å². The maximum Gasteiger partial charge on any atom is 0.123 e. The highest BCUT2D eigenvalue weighted by Crippen LogP contribution is 2.25. The zero-order valence-electron chi connectivity index (χ0n) is 8.68. The van der Waals surface area contributed by atoms with Gasteiger partial charge in [0.15, 0.2) is 0 Å². The highest BCUT2D eigenvalue weighted by Gasteiger charge is 2.06. The van der Waals surface area contributed by atoms with Crippen LogP contribution >= 0.6 is 0 Å². The van der Waals surface area contributed by atoms with Gasteiger partial charge in [-0.2, -0.15) is 0 Å². The SMILES string of the molecule is Oc1cccc(O)c1CNCc1ccco1. The molecule has 16 heavy (non-hydrogen) atoms. The zero-order valence-corrected chi connectivity index (χ0v) is 8.68. The Hall–Kier alpha value is -1.94. The fourth-order valence-electron chi connectivity index (χ4n) is 1.47. The standard InChI is InChI=1S/C12H13NO3/c14-11-4-1-5-12(15)10(11)8-13-7-9-3-2-6-16-9/h1-6,13-15H,7-8H2. The maximum atomic E-state index is 9.53. The molecule has 0 aliphatic heterocycles. The van der Waals surface area contributed by atoms with Gasteiger partial charge in [0.1, 0.15) is 17.3 Å². The molecule has 1 aromatic heterocycles. The molecular formula is C12H13NO3. The lowest BCUT2D eigenvalue weighted by atomic mass is 10.2. The van der Waals surface area contributed by atoms with Gasteiger partial charge in [0, 0.05) is 12.1 Å². The normalized spacial score (nSPS) is 10.5. The number of hydrogen-bond acceptors (Lipinski definition) is 4. The Bertz CT molecular complexity index is 431. The van der Waals surface area contributed by atoms with E-state index >= 15 is 0 Å². The Balaban J connectivity index is 1.95.